The molecular formula is C10H14BrN3O. The summed E-state index contributed by atoms with van der Waals surface area (Å²) >= 11 is 3.45. The van der Waals surface area contributed by atoms with Crippen LogP contribution in [0.2, 0.25) is 0 Å². The maximum absolute atomic E-state index is 11.8. The molecular weight excluding hydrogens is 258 g/mol. The van der Waals surface area contributed by atoms with E-state index < -0.39 is 0 Å². The Morgan fingerprint density at radius 1 is 1.53 bits per heavy atom. The third kappa shape index (κ3) is 3.27. The van der Waals surface area contributed by atoms with Crippen LogP contribution in [-0.4, -0.2) is 26.5 Å². The molecule has 1 atom stereocenters. The summed E-state index contributed by atoms with van der Waals surface area (Å²) in [5, 5.41) is 10.2. The quantitative estimate of drug-likeness (QED) is 0.853. The van der Waals surface area contributed by atoms with Crippen molar-refractivity contribution in [1.29, 1.82) is 0 Å². The predicted molar refractivity (Wildman–Crippen MR) is 62.0 cm³/mol. The Bertz CT molecular complexity index is 338. The lowest BCUT2D eigenvalue weighted by molar-refractivity contribution is 0.0913. The van der Waals surface area contributed by atoms with Crippen LogP contribution in [0.5, 0.6) is 0 Å². The van der Waals surface area contributed by atoms with Gasteiger partial charge in [0.05, 0.1) is 18.0 Å². The summed E-state index contributed by atoms with van der Waals surface area (Å²) in [6, 6.07) is 1.64. The molecule has 0 aliphatic heterocycles. The van der Waals surface area contributed by atoms with Crippen LogP contribution >= 0.6 is 15.9 Å². The van der Waals surface area contributed by atoms with Gasteiger partial charge in [-0.15, -0.1) is 0 Å². The normalized spacial score (nSPS) is 13.3. The van der Waals surface area contributed by atoms with Gasteiger partial charge >= 0.3 is 0 Å². The molecule has 15 heavy (non-hydrogen) atoms. The molecule has 0 radical (unpaired) electrons. The fourth-order valence-corrected chi connectivity index (χ4v) is 1.00. The lowest BCUT2D eigenvalue weighted by atomic mass is 10.0. The predicted octanol–water partition coefficient (Wildman–Crippen LogP) is 1.77. The minimum atomic E-state index is -0.305. The number of aromatic nitrogens is 2. The van der Waals surface area contributed by atoms with Gasteiger partial charge in [0.2, 0.25) is 0 Å². The average Bonchev–Trinajstić information content (AvgIpc) is 2.18. The second-order valence-electron chi connectivity index (χ2n) is 3.92. The summed E-state index contributed by atoms with van der Waals surface area (Å²) in [7, 11) is 0. The highest BCUT2D eigenvalue weighted by atomic mass is 79.9. The Labute approximate surface area is 97.6 Å². The first-order valence-electron chi connectivity index (χ1n) is 4.67. The van der Waals surface area contributed by atoms with Crippen molar-refractivity contribution in [2.24, 2.45) is 0 Å². The summed E-state index contributed by atoms with van der Waals surface area (Å²) in [6.45, 7) is 5.91. The number of nitrogens with one attached hydrogen (secondary N) is 1. The van der Waals surface area contributed by atoms with Crippen molar-refractivity contribution in [2.45, 2.75) is 31.1 Å². The van der Waals surface area contributed by atoms with Crippen molar-refractivity contribution in [1.82, 2.24) is 15.5 Å². The van der Waals surface area contributed by atoms with Gasteiger partial charge in [-0.05, 0) is 19.9 Å². The zero-order chi connectivity index (χ0) is 11.5. The molecule has 1 aromatic rings. The molecule has 0 bridgehead atoms. The van der Waals surface area contributed by atoms with Crippen LogP contribution in [0.4, 0.5) is 0 Å². The fraction of sp³-hybridized carbons (Fsp3) is 0.500. The van der Waals surface area contributed by atoms with Gasteiger partial charge in [-0.1, -0.05) is 22.9 Å². The van der Waals surface area contributed by atoms with Gasteiger partial charge in [0, 0.05) is 10.4 Å². The molecule has 1 aromatic heterocycles. The smallest absolute Gasteiger partial charge is 0.253 e. The van der Waals surface area contributed by atoms with Crippen LogP contribution < -0.4 is 5.32 Å². The fourth-order valence-electron chi connectivity index (χ4n) is 0.889. The van der Waals surface area contributed by atoms with Crippen LogP contribution in [0.1, 0.15) is 31.1 Å². The van der Waals surface area contributed by atoms with E-state index >= 15 is 0 Å². The van der Waals surface area contributed by atoms with E-state index in [0.717, 1.165) is 0 Å². The first-order chi connectivity index (χ1) is 6.93. The molecule has 1 unspecified atom stereocenters. The average molecular weight is 272 g/mol. The van der Waals surface area contributed by atoms with E-state index in [9.17, 15) is 4.79 Å². The number of carbonyl (C=O) groups excluding carboxylic acids is 1. The number of rotatable bonds is 3. The summed E-state index contributed by atoms with van der Waals surface area (Å²) in [4.78, 5) is 11.9. The number of amides is 1. The zero-order valence-corrected chi connectivity index (χ0v) is 10.6. The Morgan fingerprint density at radius 3 is 2.67 bits per heavy atom. The Balaban J connectivity index is 2.73. The van der Waals surface area contributed by atoms with E-state index in [4.69, 9.17) is 0 Å². The topological polar surface area (TPSA) is 54.9 Å². The molecule has 0 aliphatic rings. The summed E-state index contributed by atoms with van der Waals surface area (Å²) in [5.74, 6) is -0.138. The number of hydrogen-bond acceptors (Lipinski definition) is 3. The van der Waals surface area contributed by atoms with E-state index in [2.05, 4.69) is 31.4 Å². The largest absolute Gasteiger partial charge is 0.346 e. The molecule has 0 saturated heterocycles. The molecule has 0 saturated carbocycles. The van der Waals surface area contributed by atoms with Gasteiger partial charge in [-0.3, -0.25) is 4.79 Å². The molecule has 0 spiro atoms. The highest BCUT2D eigenvalue weighted by Gasteiger charge is 2.26. The second kappa shape index (κ2) is 4.70. The number of alkyl halides is 1. The molecule has 1 N–H and O–H groups in total. The van der Waals surface area contributed by atoms with Gasteiger partial charge < -0.3 is 5.32 Å². The second-order valence-corrected chi connectivity index (χ2v) is 5.30. The van der Waals surface area contributed by atoms with Crippen molar-refractivity contribution in [2.75, 3.05) is 0 Å². The van der Waals surface area contributed by atoms with Gasteiger partial charge in [0.25, 0.3) is 5.91 Å². The molecule has 82 valence electrons. The first-order valence-corrected chi connectivity index (χ1v) is 5.58. The van der Waals surface area contributed by atoms with Gasteiger partial charge in [0.15, 0.2) is 0 Å². The minimum absolute atomic E-state index is 0.138. The third-order valence-corrected chi connectivity index (χ3v) is 3.42. The molecule has 1 amide bonds. The molecule has 5 heteroatoms. The summed E-state index contributed by atoms with van der Waals surface area (Å²) in [5.41, 5.74) is 0.214. The number of hydrogen-bond donors (Lipinski definition) is 1. The van der Waals surface area contributed by atoms with Crippen molar-refractivity contribution in [3.8, 4) is 0 Å². The van der Waals surface area contributed by atoms with Crippen molar-refractivity contribution >= 4 is 21.8 Å². The standard InChI is InChI=1S/C10H14BrN3O/c1-7(11)10(2,3)14-9(15)8-4-5-12-13-6-8/h4-7H,1-3H3,(H,14,15). The van der Waals surface area contributed by atoms with Gasteiger partial charge in [-0.25, -0.2) is 0 Å². The van der Waals surface area contributed by atoms with E-state index in [1.807, 2.05) is 20.8 Å². The number of nitrogens with zero attached hydrogens (tertiary/aromatic N) is 2. The number of carbonyl (C=O) groups is 1. The SMILES string of the molecule is CC(Br)C(C)(C)NC(=O)c1ccnnc1. The zero-order valence-electron chi connectivity index (χ0n) is 8.99. The highest BCUT2D eigenvalue weighted by Crippen LogP contribution is 2.17. The highest BCUT2D eigenvalue weighted by molar-refractivity contribution is 9.09. The van der Waals surface area contributed by atoms with Crippen molar-refractivity contribution < 1.29 is 4.79 Å². The van der Waals surface area contributed by atoms with Crippen LogP contribution in [0.25, 0.3) is 0 Å². The first kappa shape index (κ1) is 12.1. The molecule has 1 heterocycles. The van der Waals surface area contributed by atoms with E-state index in [-0.39, 0.29) is 16.3 Å². The van der Waals surface area contributed by atoms with Crippen molar-refractivity contribution in [3.05, 3.63) is 24.0 Å². The lowest BCUT2D eigenvalue weighted by Gasteiger charge is -2.29. The maximum atomic E-state index is 11.8. The van der Waals surface area contributed by atoms with Crippen LogP contribution in [0, 0.1) is 0 Å². The van der Waals surface area contributed by atoms with Gasteiger partial charge in [0.1, 0.15) is 0 Å². The van der Waals surface area contributed by atoms with Crippen molar-refractivity contribution in [3.63, 3.8) is 0 Å². The molecule has 0 aromatic carbocycles. The monoisotopic (exact) mass is 271 g/mol. The van der Waals surface area contributed by atoms with Gasteiger partial charge in [-0.2, -0.15) is 10.2 Å². The molecule has 4 nitrogen and oxygen atoms in total. The minimum Gasteiger partial charge on any atom is -0.346 e. The molecule has 1 rings (SSSR count). The maximum Gasteiger partial charge on any atom is 0.253 e. The van der Waals surface area contributed by atoms with E-state index in [0.29, 0.717) is 5.56 Å². The van der Waals surface area contributed by atoms with E-state index in [1.165, 1.54) is 12.4 Å². The van der Waals surface area contributed by atoms with Crippen LogP contribution in [0.15, 0.2) is 18.5 Å². The lowest BCUT2D eigenvalue weighted by Crippen LogP contribution is -2.48. The number of halogens is 1. The van der Waals surface area contributed by atoms with Crippen LogP contribution in [-0.2, 0) is 0 Å². The summed E-state index contributed by atoms with van der Waals surface area (Å²) in [6.07, 6.45) is 2.95. The Hall–Kier alpha value is -0.970. The third-order valence-electron chi connectivity index (χ3n) is 2.28. The van der Waals surface area contributed by atoms with Crippen LogP contribution in [0.3, 0.4) is 0 Å². The Morgan fingerprint density at radius 2 is 2.20 bits per heavy atom. The Kier molecular flexibility index (Phi) is 3.79. The van der Waals surface area contributed by atoms with E-state index in [1.54, 1.807) is 6.07 Å². The molecule has 0 aliphatic carbocycles. The summed E-state index contributed by atoms with van der Waals surface area (Å²) < 4.78 is 0. The molecule has 0 fully saturated rings.